The average Bonchev–Trinajstić information content (AvgIpc) is 2.13. The minimum absolute atomic E-state index is 0.0330. The van der Waals surface area contributed by atoms with E-state index in [0.29, 0.717) is 0 Å². The first-order valence-corrected chi connectivity index (χ1v) is 5.21. The van der Waals surface area contributed by atoms with E-state index in [1.54, 1.807) is 4.90 Å². The van der Waals surface area contributed by atoms with Crippen molar-refractivity contribution < 1.29 is 4.79 Å². The molecule has 1 N–H and O–H groups in total. The van der Waals surface area contributed by atoms with E-state index in [-0.39, 0.29) is 6.03 Å². The minimum Gasteiger partial charge on any atom is -0.338 e. The van der Waals surface area contributed by atoms with Gasteiger partial charge in [-0.1, -0.05) is 6.92 Å². The SMILES string of the molecule is CCCNC(=O)N(C)CCCN(C)C. The predicted molar refractivity (Wildman–Crippen MR) is 59.5 cm³/mol. The van der Waals surface area contributed by atoms with Crippen molar-refractivity contribution in [3.63, 3.8) is 0 Å². The molecule has 0 atom stereocenters. The van der Waals surface area contributed by atoms with Gasteiger partial charge < -0.3 is 15.1 Å². The van der Waals surface area contributed by atoms with Gasteiger partial charge in [0.1, 0.15) is 0 Å². The van der Waals surface area contributed by atoms with Gasteiger partial charge in [0.05, 0.1) is 0 Å². The van der Waals surface area contributed by atoms with Gasteiger partial charge in [-0.3, -0.25) is 0 Å². The van der Waals surface area contributed by atoms with E-state index in [0.717, 1.165) is 32.5 Å². The van der Waals surface area contributed by atoms with Gasteiger partial charge in [0.25, 0.3) is 0 Å². The van der Waals surface area contributed by atoms with E-state index in [2.05, 4.69) is 10.2 Å². The first-order valence-electron chi connectivity index (χ1n) is 5.21. The number of amides is 2. The topological polar surface area (TPSA) is 35.6 Å². The molecule has 0 radical (unpaired) electrons. The molecule has 0 aromatic carbocycles. The summed E-state index contributed by atoms with van der Waals surface area (Å²) < 4.78 is 0. The Morgan fingerprint density at radius 3 is 2.36 bits per heavy atom. The molecule has 0 aliphatic rings. The fraction of sp³-hybridized carbons (Fsp3) is 0.900. The summed E-state index contributed by atoms with van der Waals surface area (Å²) in [6, 6.07) is 0.0330. The second kappa shape index (κ2) is 7.62. The summed E-state index contributed by atoms with van der Waals surface area (Å²) in [5.41, 5.74) is 0. The Morgan fingerprint density at radius 1 is 1.21 bits per heavy atom. The fourth-order valence-electron chi connectivity index (χ4n) is 1.09. The first kappa shape index (κ1) is 13.2. The summed E-state index contributed by atoms with van der Waals surface area (Å²) in [5, 5.41) is 2.84. The lowest BCUT2D eigenvalue weighted by Crippen LogP contribution is -2.38. The van der Waals surface area contributed by atoms with Crippen molar-refractivity contribution in [3.05, 3.63) is 0 Å². The quantitative estimate of drug-likeness (QED) is 0.695. The van der Waals surface area contributed by atoms with Crippen molar-refractivity contribution in [1.82, 2.24) is 15.1 Å². The third-order valence-electron chi connectivity index (χ3n) is 1.97. The molecule has 0 aliphatic carbocycles. The lowest BCUT2D eigenvalue weighted by atomic mass is 10.4. The summed E-state index contributed by atoms with van der Waals surface area (Å²) in [6.07, 6.45) is 2.00. The number of hydrogen-bond donors (Lipinski definition) is 1. The summed E-state index contributed by atoms with van der Waals surface area (Å²) in [4.78, 5) is 15.2. The second-order valence-electron chi connectivity index (χ2n) is 3.81. The molecule has 0 unspecified atom stereocenters. The van der Waals surface area contributed by atoms with Crippen LogP contribution in [0.25, 0.3) is 0 Å². The van der Waals surface area contributed by atoms with Crippen LogP contribution >= 0.6 is 0 Å². The van der Waals surface area contributed by atoms with E-state index < -0.39 is 0 Å². The van der Waals surface area contributed by atoms with E-state index >= 15 is 0 Å². The van der Waals surface area contributed by atoms with Crippen LogP contribution < -0.4 is 5.32 Å². The van der Waals surface area contributed by atoms with Crippen LogP contribution in [0.15, 0.2) is 0 Å². The lowest BCUT2D eigenvalue weighted by molar-refractivity contribution is 0.206. The van der Waals surface area contributed by atoms with Gasteiger partial charge in [-0.05, 0) is 33.5 Å². The number of hydrogen-bond acceptors (Lipinski definition) is 2. The molecule has 0 saturated carbocycles. The molecule has 0 saturated heterocycles. The highest BCUT2D eigenvalue weighted by Gasteiger charge is 2.05. The van der Waals surface area contributed by atoms with Gasteiger partial charge in [-0.25, -0.2) is 4.79 Å². The molecule has 4 nitrogen and oxygen atoms in total. The minimum atomic E-state index is 0.0330. The average molecular weight is 201 g/mol. The second-order valence-corrected chi connectivity index (χ2v) is 3.81. The Hall–Kier alpha value is -0.770. The number of nitrogens with one attached hydrogen (secondary N) is 1. The Kier molecular flexibility index (Phi) is 7.20. The highest BCUT2D eigenvalue weighted by atomic mass is 16.2. The standard InChI is InChI=1S/C10H23N3O/c1-5-7-11-10(14)13(4)9-6-8-12(2)3/h5-9H2,1-4H3,(H,11,14). The van der Waals surface area contributed by atoms with Crippen LogP contribution in [0.2, 0.25) is 0 Å². The summed E-state index contributed by atoms with van der Waals surface area (Å²) in [6.45, 7) is 4.64. The summed E-state index contributed by atoms with van der Waals surface area (Å²) in [7, 11) is 5.91. The van der Waals surface area contributed by atoms with Gasteiger partial charge >= 0.3 is 6.03 Å². The zero-order valence-electron chi connectivity index (χ0n) is 9.84. The van der Waals surface area contributed by atoms with Gasteiger partial charge in [-0.2, -0.15) is 0 Å². The van der Waals surface area contributed by atoms with Gasteiger partial charge in [-0.15, -0.1) is 0 Å². The fourth-order valence-corrected chi connectivity index (χ4v) is 1.09. The summed E-state index contributed by atoms with van der Waals surface area (Å²) >= 11 is 0. The molecule has 0 aromatic rings. The lowest BCUT2D eigenvalue weighted by Gasteiger charge is -2.18. The number of urea groups is 1. The smallest absolute Gasteiger partial charge is 0.317 e. The molecule has 0 aromatic heterocycles. The van der Waals surface area contributed by atoms with Crippen molar-refractivity contribution in [1.29, 1.82) is 0 Å². The van der Waals surface area contributed by atoms with Crippen molar-refractivity contribution in [2.75, 3.05) is 40.8 Å². The number of rotatable bonds is 6. The van der Waals surface area contributed by atoms with Crippen LogP contribution in [-0.4, -0.2) is 56.6 Å². The summed E-state index contributed by atoms with van der Waals surface area (Å²) in [5.74, 6) is 0. The highest BCUT2D eigenvalue weighted by Crippen LogP contribution is 1.90. The largest absolute Gasteiger partial charge is 0.338 e. The third-order valence-corrected chi connectivity index (χ3v) is 1.97. The zero-order valence-corrected chi connectivity index (χ0v) is 9.84. The molecular weight excluding hydrogens is 178 g/mol. The molecule has 0 spiro atoms. The first-order chi connectivity index (χ1) is 6.57. The maximum atomic E-state index is 11.4. The van der Waals surface area contributed by atoms with Crippen molar-refractivity contribution >= 4 is 6.03 Å². The molecule has 84 valence electrons. The molecular formula is C10H23N3O. The highest BCUT2D eigenvalue weighted by molar-refractivity contribution is 5.73. The third kappa shape index (κ3) is 6.71. The van der Waals surface area contributed by atoms with E-state index in [1.165, 1.54) is 0 Å². The molecule has 0 aliphatic heterocycles. The van der Waals surface area contributed by atoms with Crippen molar-refractivity contribution in [2.45, 2.75) is 19.8 Å². The Morgan fingerprint density at radius 2 is 1.86 bits per heavy atom. The van der Waals surface area contributed by atoms with Gasteiger partial charge in [0.2, 0.25) is 0 Å². The van der Waals surface area contributed by atoms with Gasteiger partial charge in [0, 0.05) is 20.1 Å². The monoisotopic (exact) mass is 201 g/mol. The number of nitrogens with zero attached hydrogens (tertiary/aromatic N) is 2. The van der Waals surface area contributed by atoms with Crippen LogP contribution in [-0.2, 0) is 0 Å². The molecule has 0 heterocycles. The van der Waals surface area contributed by atoms with Crippen LogP contribution in [0.3, 0.4) is 0 Å². The van der Waals surface area contributed by atoms with E-state index in [4.69, 9.17) is 0 Å². The molecule has 4 heteroatoms. The predicted octanol–water partition coefficient (Wildman–Crippen LogP) is 0.989. The van der Waals surface area contributed by atoms with Crippen LogP contribution in [0.4, 0.5) is 4.79 Å². The van der Waals surface area contributed by atoms with E-state index in [1.807, 2.05) is 28.1 Å². The van der Waals surface area contributed by atoms with Crippen molar-refractivity contribution in [3.8, 4) is 0 Å². The molecule has 0 rings (SSSR count). The maximum absolute atomic E-state index is 11.4. The Labute approximate surface area is 87.3 Å². The molecule has 14 heavy (non-hydrogen) atoms. The Bertz CT molecular complexity index is 159. The number of carbonyl (C=O) groups excluding carboxylic acids is 1. The van der Waals surface area contributed by atoms with Crippen LogP contribution in [0.5, 0.6) is 0 Å². The van der Waals surface area contributed by atoms with Crippen LogP contribution in [0.1, 0.15) is 19.8 Å². The zero-order chi connectivity index (χ0) is 11.0. The molecule has 2 amide bonds. The number of carbonyl (C=O) groups is 1. The van der Waals surface area contributed by atoms with Gasteiger partial charge in [0.15, 0.2) is 0 Å². The molecule has 0 fully saturated rings. The van der Waals surface area contributed by atoms with Crippen molar-refractivity contribution in [2.24, 2.45) is 0 Å². The molecule has 0 bridgehead atoms. The normalized spacial score (nSPS) is 10.4. The van der Waals surface area contributed by atoms with Crippen LogP contribution in [0, 0.1) is 0 Å². The maximum Gasteiger partial charge on any atom is 0.317 e. The van der Waals surface area contributed by atoms with E-state index in [9.17, 15) is 4.79 Å². The Balaban J connectivity index is 3.51.